The number of aryl methyl sites for hydroxylation is 4. The first-order valence-corrected chi connectivity index (χ1v) is 26.0. The molecule has 0 aliphatic carbocycles. The van der Waals surface area contributed by atoms with Crippen molar-refractivity contribution in [3.63, 3.8) is 0 Å². The number of rotatable bonds is 25. The highest BCUT2D eigenvalue weighted by molar-refractivity contribution is 7.30. The van der Waals surface area contributed by atoms with Crippen molar-refractivity contribution in [1.29, 1.82) is 0 Å². The molecular weight excluding hydrogens is 773 g/mol. The van der Waals surface area contributed by atoms with Crippen LogP contribution in [0.4, 0.5) is 0 Å². The fraction of sp³-hybridized carbons (Fsp3) is 0.522. The van der Waals surface area contributed by atoms with E-state index in [0.717, 1.165) is 22.9 Å². The lowest BCUT2D eigenvalue weighted by Crippen LogP contribution is -1.89. The van der Waals surface area contributed by atoms with Gasteiger partial charge in [-0.15, -0.1) is 68.0 Å². The van der Waals surface area contributed by atoms with E-state index in [9.17, 15) is 0 Å². The molecule has 0 radical (unpaired) electrons. The van der Waals surface area contributed by atoms with Crippen molar-refractivity contribution in [2.24, 2.45) is 0 Å². The Labute approximate surface area is 350 Å². The molecule has 6 heterocycles. The Hall–Kier alpha value is -1.94. The quantitative estimate of drug-likeness (QED) is 0.0537. The highest BCUT2D eigenvalue weighted by atomic mass is 32.1. The molecule has 0 saturated heterocycles. The fourth-order valence-corrected chi connectivity index (χ4v) is 14.0. The third-order valence-corrected chi connectivity index (χ3v) is 17.5. The zero-order chi connectivity index (χ0) is 37.5. The molecule has 8 heteroatoms. The normalized spacial score (nSPS) is 11.7. The lowest BCUT2D eigenvalue weighted by atomic mass is 10.0. The Morgan fingerprint density at radius 3 is 1.30 bits per heavy atom. The summed E-state index contributed by atoms with van der Waals surface area (Å²) in [6, 6.07) is 9.74. The lowest BCUT2D eigenvalue weighted by Gasteiger charge is -2.06. The predicted octanol–water partition coefficient (Wildman–Crippen LogP) is 17.7. The van der Waals surface area contributed by atoms with Gasteiger partial charge in [-0.3, -0.25) is 0 Å². The highest BCUT2D eigenvalue weighted by Gasteiger charge is 2.21. The molecule has 0 bridgehead atoms. The van der Waals surface area contributed by atoms with Gasteiger partial charge in [-0.1, -0.05) is 105 Å². The molecule has 6 aromatic heterocycles. The summed E-state index contributed by atoms with van der Waals surface area (Å²) in [5.74, 6) is 0. The average Bonchev–Trinajstić information content (AvgIpc) is 4.04. The molecule has 0 aliphatic heterocycles. The summed E-state index contributed by atoms with van der Waals surface area (Å²) < 4.78 is 0. The van der Waals surface area contributed by atoms with Crippen molar-refractivity contribution < 1.29 is 0 Å². The fourth-order valence-electron chi connectivity index (χ4n) is 7.26. The maximum Gasteiger partial charge on any atom is 0.135 e. The number of nitrogens with zero attached hydrogens (tertiary/aromatic N) is 2. The summed E-state index contributed by atoms with van der Waals surface area (Å²) in [6.45, 7) is 9.21. The molecule has 2 nitrogen and oxygen atoms in total. The summed E-state index contributed by atoms with van der Waals surface area (Å²) in [6.07, 6.45) is 29.7. The van der Waals surface area contributed by atoms with Gasteiger partial charge in [0.05, 0.1) is 14.6 Å². The van der Waals surface area contributed by atoms with Crippen molar-refractivity contribution in [1.82, 2.24) is 9.97 Å². The Kier molecular flexibility index (Phi) is 17.1. The van der Waals surface area contributed by atoms with E-state index in [1.54, 1.807) is 5.56 Å². The third kappa shape index (κ3) is 11.1. The molecular formula is C46H60N2S6. The monoisotopic (exact) mass is 832 g/mol. The van der Waals surface area contributed by atoms with Crippen molar-refractivity contribution >= 4 is 68.0 Å². The van der Waals surface area contributed by atoms with Gasteiger partial charge >= 0.3 is 0 Å². The minimum atomic E-state index is 1.09. The summed E-state index contributed by atoms with van der Waals surface area (Å²) in [5.41, 5.74) is 6.14. The molecule has 0 N–H and O–H groups in total. The molecule has 0 spiro atoms. The predicted molar refractivity (Wildman–Crippen MR) is 248 cm³/mol. The Morgan fingerprint density at radius 1 is 0.389 bits per heavy atom. The second-order valence-corrected chi connectivity index (χ2v) is 20.8. The van der Waals surface area contributed by atoms with Gasteiger partial charge in [-0.25, -0.2) is 9.97 Å². The third-order valence-electron chi connectivity index (χ3n) is 10.4. The van der Waals surface area contributed by atoms with Gasteiger partial charge in [0.1, 0.15) is 10.0 Å². The number of hydrogen-bond donors (Lipinski definition) is 0. The first-order valence-electron chi connectivity index (χ1n) is 20.9. The van der Waals surface area contributed by atoms with E-state index in [0.29, 0.717) is 0 Å². The van der Waals surface area contributed by atoms with Gasteiger partial charge in [0.2, 0.25) is 0 Å². The van der Waals surface area contributed by atoms with Crippen LogP contribution in [0.3, 0.4) is 0 Å². The topological polar surface area (TPSA) is 25.8 Å². The summed E-state index contributed by atoms with van der Waals surface area (Å²) >= 11 is 11.5. The average molecular weight is 833 g/mol. The maximum atomic E-state index is 5.03. The zero-order valence-electron chi connectivity index (χ0n) is 33.1. The van der Waals surface area contributed by atoms with E-state index in [4.69, 9.17) is 9.97 Å². The Balaban J connectivity index is 1.23. The molecule has 54 heavy (non-hydrogen) atoms. The van der Waals surface area contributed by atoms with Crippen LogP contribution in [0.15, 0.2) is 47.4 Å². The van der Waals surface area contributed by atoms with Crippen LogP contribution >= 0.6 is 68.0 Å². The smallest absolute Gasteiger partial charge is 0.135 e. The molecule has 0 amide bonds. The van der Waals surface area contributed by atoms with Gasteiger partial charge < -0.3 is 0 Å². The van der Waals surface area contributed by atoms with Crippen LogP contribution in [0.5, 0.6) is 0 Å². The van der Waals surface area contributed by atoms with Gasteiger partial charge in [0.25, 0.3) is 0 Å². The minimum Gasteiger partial charge on any atom is -0.243 e. The number of aromatic nitrogens is 2. The van der Waals surface area contributed by atoms with E-state index in [1.807, 2.05) is 68.0 Å². The van der Waals surface area contributed by atoms with Crippen LogP contribution in [0.25, 0.3) is 49.0 Å². The van der Waals surface area contributed by atoms with Crippen LogP contribution in [-0.2, 0) is 25.7 Å². The zero-order valence-corrected chi connectivity index (χ0v) is 38.0. The Bertz CT molecular complexity index is 1820. The molecule has 0 unspecified atom stereocenters. The standard InChI is InChI=1S/C46H60N2S6/c1-5-9-13-17-21-33-25-27-49-41(33)43-35(23-19-15-11-7-3)29-37(51-43)39-31-47-46(53-39)40-32-48-45(54-40)38-30-36(24-20-16-12-8-4)44(52-38)42-34(26-28-50-42)22-18-14-10-6-2/h25-32H,5-24H2,1-4H3. The first-order chi connectivity index (χ1) is 26.6. The second kappa shape index (κ2) is 22.1. The molecule has 0 saturated carbocycles. The van der Waals surface area contributed by atoms with Gasteiger partial charge in [0.15, 0.2) is 0 Å². The van der Waals surface area contributed by atoms with E-state index in [2.05, 4.69) is 75.1 Å². The molecule has 0 atom stereocenters. The number of thiophene rings is 4. The molecule has 6 aromatic rings. The molecule has 6 rings (SSSR count). The van der Waals surface area contributed by atoms with E-state index < -0.39 is 0 Å². The molecule has 0 aromatic carbocycles. The summed E-state index contributed by atoms with van der Waals surface area (Å²) in [7, 11) is 0. The largest absolute Gasteiger partial charge is 0.243 e. The van der Waals surface area contributed by atoms with Crippen molar-refractivity contribution in [3.8, 4) is 49.0 Å². The first kappa shape index (κ1) is 41.7. The second-order valence-electron chi connectivity index (χ2n) is 14.8. The van der Waals surface area contributed by atoms with Gasteiger partial charge in [-0.05, 0) is 109 Å². The van der Waals surface area contributed by atoms with E-state index >= 15 is 0 Å². The van der Waals surface area contributed by atoms with Crippen LogP contribution in [-0.4, -0.2) is 9.97 Å². The van der Waals surface area contributed by atoms with Crippen LogP contribution < -0.4 is 0 Å². The molecule has 290 valence electrons. The summed E-state index contributed by atoms with van der Waals surface area (Å²) in [5, 5.41) is 6.85. The minimum absolute atomic E-state index is 1.09. The number of thiazole rings is 2. The lowest BCUT2D eigenvalue weighted by molar-refractivity contribution is 0.666. The van der Waals surface area contributed by atoms with Crippen LogP contribution in [0, 0.1) is 0 Å². The maximum absolute atomic E-state index is 5.03. The van der Waals surface area contributed by atoms with Crippen LogP contribution in [0.1, 0.15) is 153 Å². The molecule has 0 fully saturated rings. The summed E-state index contributed by atoms with van der Waals surface area (Å²) in [4.78, 5) is 21.2. The Morgan fingerprint density at radius 2 is 0.796 bits per heavy atom. The number of hydrogen-bond acceptors (Lipinski definition) is 8. The van der Waals surface area contributed by atoms with Crippen LogP contribution in [0.2, 0.25) is 0 Å². The highest BCUT2D eigenvalue weighted by Crippen LogP contribution is 2.47. The number of unbranched alkanes of at least 4 members (excludes halogenated alkanes) is 12. The van der Waals surface area contributed by atoms with E-state index in [1.165, 1.54) is 171 Å². The van der Waals surface area contributed by atoms with E-state index in [-0.39, 0.29) is 0 Å². The van der Waals surface area contributed by atoms with Gasteiger partial charge in [-0.2, -0.15) is 0 Å². The van der Waals surface area contributed by atoms with Crippen molar-refractivity contribution in [2.45, 2.75) is 156 Å². The SMILES string of the molecule is CCCCCCc1ccsc1-c1sc(-c2cnc(-c3cnc(-c4cc(CCCCCC)c(-c5sccc5CCCCCC)s4)s3)s2)cc1CCCCCC. The van der Waals surface area contributed by atoms with Crippen molar-refractivity contribution in [3.05, 3.63) is 69.7 Å². The van der Waals surface area contributed by atoms with Crippen molar-refractivity contribution in [2.75, 3.05) is 0 Å². The van der Waals surface area contributed by atoms with Gasteiger partial charge in [0, 0.05) is 36.8 Å². The molecule has 0 aliphatic rings.